The van der Waals surface area contributed by atoms with Gasteiger partial charge >= 0.3 is 5.91 Å². The Hall–Kier alpha value is -3.47. The van der Waals surface area contributed by atoms with Gasteiger partial charge in [0.1, 0.15) is 17.6 Å². The molecule has 4 aromatic rings. The minimum Gasteiger partial charge on any atom is -0.507 e. The Morgan fingerprint density at radius 3 is 2.72 bits per heavy atom. The number of benzene rings is 3. The second-order valence-electron chi connectivity index (χ2n) is 9.30. The number of fused-ring (bicyclic) bond motifs is 1. The number of hydrogen-bond acceptors (Lipinski definition) is 8. The number of carbonyl (C=O) groups excluding carboxylic acids is 2. The first-order valence-corrected chi connectivity index (χ1v) is 14.8. The number of ether oxygens (including phenoxy) is 1. The normalized spacial score (nSPS) is 19.8. The lowest BCUT2D eigenvalue weighted by Crippen LogP contribution is -2.29. The second kappa shape index (κ2) is 10.6. The van der Waals surface area contributed by atoms with E-state index in [1.807, 2.05) is 67.6 Å². The smallest absolute Gasteiger partial charge is 0.301 e. The molecule has 6 rings (SSSR count). The van der Waals surface area contributed by atoms with Gasteiger partial charge in [0.2, 0.25) is 5.13 Å². The van der Waals surface area contributed by atoms with Gasteiger partial charge in [-0.2, -0.15) is 0 Å². The molecule has 3 aromatic carbocycles. The van der Waals surface area contributed by atoms with E-state index in [0.717, 1.165) is 21.3 Å². The fourth-order valence-electron chi connectivity index (χ4n) is 4.82. The molecular formula is C29H22BrN3O4S2. The van der Waals surface area contributed by atoms with Crippen molar-refractivity contribution in [2.45, 2.75) is 35.6 Å². The number of amides is 1. The lowest BCUT2D eigenvalue weighted by molar-refractivity contribution is -0.132. The van der Waals surface area contributed by atoms with E-state index in [4.69, 9.17) is 4.74 Å². The fourth-order valence-corrected chi connectivity index (χ4v) is 7.06. The van der Waals surface area contributed by atoms with Crippen molar-refractivity contribution in [3.8, 4) is 5.75 Å². The van der Waals surface area contributed by atoms with Crippen LogP contribution in [-0.2, 0) is 21.8 Å². The van der Waals surface area contributed by atoms with E-state index in [0.29, 0.717) is 32.8 Å². The molecule has 0 aliphatic carbocycles. The summed E-state index contributed by atoms with van der Waals surface area (Å²) in [4.78, 5) is 28.3. The van der Waals surface area contributed by atoms with Crippen molar-refractivity contribution < 1.29 is 19.4 Å². The van der Waals surface area contributed by atoms with Gasteiger partial charge in [-0.25, -0.2) is 0 Å². The summed E-state index contributed by atoms with van der Waals surface area (Å²) >= 11 is 6.25. The average molecular weight is 621 g/mol. The van der Waals surface area contributed by atoms with E-state index < -0.39 is 17.7 Å². The Balaban J connectivity index is 1.40. The SMILES string of the molecule is CC1Cc2cc(/C(O)=C3\C(=O)C(=O)N(c4nnc(SCc5ccccc5)s4)C3c3cccc(Br)c3)ccc2O1. The number of ketones is 1. The van der Waals surface area contributed by atoms with Crippen LogP contribution in [0.5, 0.6) is 5.75 Å². The summed E-state index contributed by atoms with van der Waals surface area (Å²) in [7, 11) is 0. The summed E-state index contributed by atoms with van der Waals surface area (Å²) in [5.41, 5.74) is 3.23. The third-order valence-electron chi connectivity index (χ3n) is 6.59. The van der Waals surface area contributed by atoms with Crippen molar-refractivity contribution in [1.82, 2.24) is 10.2 Å². The number of Topliss-reactive ketones (excluding diaryl/α,β-unsaturated/α-hetero) is 1. The maximum atomic E-state index is 13.5. The Bertz CT molecular complexity index is 1620. The van der Waals surface area contributed by atoms with Crippen LogP contribution in [0, 0.1) is 0 Å². The lowest BCUT2D eigenvalue weighted by Gasteiger charge is -2.22. The van der Waals surface area contributed by atoms with Crippen molar-refractivity contribution in [2.24, 2.45) is 0 Å². The number of nitrogens with zero attached hydrogens (tertiary/aromatic N) is 3. The van der Waals surface area contributed by atoms with Gasteiger partial charge < -0.3 is 9.84 Å². The average Bonchev–Trinajstić information content (AvgIpc) is 3.62. The monoisotopic (exact) mass is 619 g/mol. The molecule has 0 bridgehead atoms. The quantitative estimate of drug-likeness (QED) is 0.0860. The third-order valence-corrected chi connectivity index (χ3v) is 9.21. The Morgan fingerprint density at radius 2 is 1.92 bits per heavy atom. The van der Waals surface area contributed by atoms with Gasteiger partial charge in [0, 0.05) is 22.2 Å². The molecule has 1 N–H and O–H groups in total. The molecule has 2 aliphatic rings. The molecule has 1 amide bonds. The first-order chi connectivity index (χ1) is 18.9. The molecule has 0 spiro atoms. The zero-order valence-corrected chi connectivity index (χ0v) is 23.9. The highest BCUT2D eigenvalue weighted by Crippen LogP contribution is 2.45. The standard InChI is InChI=1S/C29H22BrN3O4S2/c1-16-12-20-13-19(10-11-22(20)37-16)25(34)23-24(18-8-5-9-21(30)14-18)33(27(36)26(23)35)28-31-32-29(39-28)38-15-17-6-3-2-4-7-17/h2-11,13-14,16,24,34H,12,15H2,1H3/b25-23+. The zero-order valence-electron chi connectivity index (χ0n) is 20.7. The molecular weight excluding hydrogens is 598 g/mol. The van der Waals surface area contributed by atoms with Gasteiger partial charge in [-0.05, 0) is 53.9 Å². The highest BCUT2D eigenvalue weighted by molar-refractivity contribution is 9.10. The number of halogens is 1. The number of thioether (sulfide) groups is 1. The largest absolute Gasteiger partial charge is 0.507 e. The maximum Gasteiger partial charge on any atom is 0.301 e. The van der Waals surface area contributed by atoms with E-state index in [1.165, 1.54) is 28.0 Å². The molecule has 2 atom stereocenters. The van der Waals surface area contributed by atoms with Crippen LogP contribution in [0.1, 0.15) is 35.2 Å². The third kappa shape index (κ3) is 4.99. The van der Waals surface area contributed by atoms with Crippen molar-refractivity contribution in [3.63, 3.8) is 0 Å². The van der Waals surface area contributed by atoms with E-state index in [-0.39, 0.29) is 17.4 Å². The summed E-state index contributed by atoms with van der Waals surface area (Å²) in [6.07, 6.45) is 0.740. The number of hydrogen-bond donors (Lipinski definition) is 1. The number of carbonyl (C=O) groups is 2. The summed E-state index contributed by atoms with van der Waals surface area (Å²) < 4.78 is 7.25. The maximum absolute atomic E-state index is 13.5. The van der Waals surface area contributed by atoms with Crippen LogP contribution in [-0.4, -0.2) is 33.1 Å². The van der Waals surface area contributed by atoms with E-state index >= 15 is 0 Å². The summed E-state index contributed by atoms with van der Waals surface area (Å²) in [5, 5.41) is 20.3. The Kier molecular flexibility index (Phi) is 7.01. The molecule has 0 saturated carbocycles. The van der Waals surface area contributed by atoms with Gasteiger partial charge in [0.25, 0.3) is 5.78 Å². The van der Waals surface area contributed by atoms with E-state index in [2.05, 4.69) is 26.1 Å². The van der Waals surface area contributed by atoms with Crippen molar-refractivity contribution in [3.05, 3.63) is 105 Å². The van der Waals surface area contributed by atoms with Gasteiger partial charge in [-0.1, -0.05) is 81.5 Å². The molecule has 10 heteroatoms. The van der Waals surface area contributed by atoms with Gasteiger partial charge in [0.15, 0.2) is 4.34 Å². The number of aliphatic hydroxyl groups is 1. The summed E-state index contributed by atoms with van der Waals surface area (Å²) in [6, 6.07) is 21.8. The zero-order chi connectivity index (χ0) is 27.1. The van der Waals surface area contributed by atoms with Crippen LogP contribution in [0.2, 0.25) is 0 Å². The Morgan fingerprint density at radius 1 is 1.10 bits per heavy atom. The van der Waals surface area contributed by atoms with Crippen molar-refractivity contribution in [1.29, 1.82) is 0 Å². The van der Waals surface area contributed by atoms with Gasteiger partial charge in [-0.3, -0.25) is 14.5 Å². The Labute approximate surface area is 241 Å². The van der Waals surface area contributed by atoms with Crippen LogP contribution in [0.4, 0.5) is 5.13 Å². The second-order valence-corrected chi connectivity index (χ2v) is 12.4. The first-order valence-electron chi connectivity index (χ1n) is 12.3. The highest BCUT2D eigenvalue weighted by Gasteiger charge is 2.48. The minimum absolute atomic E-state index is 0.0127. The van der Waals surface area contributed by atoms with Crippen LogP contribution in [0.25, 0.3) is 5.76 Å². The molecule has 1 aromatic heterocycles. The lowest BCUT2D eigenvalue weighted by atomic mass is 9.94. The molecule has 3 heterocycles. The van der Waals surface area contributed by atoms with Crippen LogP contribution in [0.15, 0.2) is 87.2 Å². The molecule has 7 nitrogen and oxygen atoms in total. The molecule has 39 heavy (non-hydrogen) atoms. The van der Waals surface area contributed by atoms with Crippen LogP contribution < -0.4 is 9.64 Å². The predicted molar refractivity (Wildman–Crippen MR) is 155 cm³/mol. The number of anilines is 1. The molecule has 196 valence electrons. The molecule has 1 fully saturated rings. The van der Waals surface area contributed by atoms with Crippen LogP contribution >= 0.6 is 39.0 Å². The molecule has 0 radical (unpaired) electrons. The van der Waals surface area contributed by atoms with Crippen molar-refractivity contribution in [2.75, 3.05) is 4.90 Å². The minimum atomic E-state index is -0.870. The van der Waals surface area contributed by atoms with Crippen LogP contribution in [0.3, 0.4) is 0 Å². The summed E-state index contributed by atoms with van der Waals surface area (Å²) in [6.45, 7) is 1.98. The van der Waals surface area contributed by atoms with E-state index in [9.17, 15) is 14.7 Å². The number of rotatable bonds is 6. The first kappa shape index (κ1) is 25.8. The highest BCUT2D eigenvalue weighted by atomic mass is 79.9. The predicted octanol–water partition coefficient (Wildman–Crippen LogP) is 6.54. The topological polar surface area (TPSA) is 92.6 Å². The van der Waals surface area contributed by atoms with Gasteiger partial charge in [0.05, 0.1) is 11.6 Å². The number of aliphatic hydroxyl groups excluding tert-OH is 1. The van der Waals surface area contributed by atoms with E-state index in [1.54, 1.807) is 12.1 Å². The van der Waals surface area contributed by atoms with Crippen molar-refractivity contribution >= 4 is 61.6 Å². The molecule has 1 saturated heterocycles. The number of aromatic nitrogens is 2. The fraction of sp³-hybridized carbons (Fsp3) is 0.172. The molecule has 2 unspecified atom stereocenters. The molecule has 2 aliphatic heterocycles. The summed E-state index contributed by atoms with van der Waals surface area (Å²) in [5.74, 6) is -0.292. The van der Waals surface area contributed by atoms with Gasteiger partial charge in [-0.15, -0.1) is 10.2 Å².